The molecule has 0 aromatic rings. The number of hydrogen-bond acceptors (Lipinski definition) is 22. The Morgan fingerprint density at radius 2 is 1.16 bits per heavy atom. The predicted octanol–water partition coefficient (Wildman–Crippen LogP) is 0.840. The van der Waals surface area contributed by atoms with E-state index in [9.17, 15) is 91.6 Å². The second-order valence-electron chi connectivity index (χ2n) is 24.4. The average Bonchev–Trinajstić information content (AvgIpc) is 4.00. The first-order chi connectivity index (χ1) is 38.9. The maximum atomic E-state index is 13.5. The molecule has 0 aromatic heterocycles. The number of carbonyl (C=O) groups excluding carboxylic acids is 1. The molecule has 83 heavy (non-hydrogen) atoms. The molecule has 22 heteroatoms. The molecule has 3 heterocycles. The molecular weight excluding hydrogens is 1080 g/mol. The largest absolute Gasteiger partial charge is 0.458 e. The predicted molar refractivity (Wildman–Crippen MR) is 306 cm³/mol. The summed E-state index contributed by atoms with van der Waals surface area (Å²) >= 11 is 0. The highest BCUT2D eigenvalue weighted by atomic mass is 16.7. The molecule has 0 saturated carbocycles. The van der Waals surface area contributed by atoms with Gasteiger partial charge in [0.05, 0.1) is 86.0 Å². The number of rotatable bonds is 5. The fraction of sp³-hybridized carbons (Fsp3) is 0.820. The van der Waals surface area contributed by atoms with Crippen molar-refractivity contribution in [3.8, 4) is 0 Å². The summed E-state index contributed by atoms with van der Waals surface area (Å²) in [4.78, 5) is 13.5. The third-order valence-corrected chi connectivity index (χ3v) is 17.3. The standard InChI is InChI=1S/C61H106O22/c1-31-14-10-11-18-45(68)36(6)55(74)32(2)15-12-16-34(4)60(79)81-49(39(9)50-22-23-53(72)80-50)19-13-17-40(63)25-41(64)27-46(69)37(7)56(75)38(8)47(70)28-42(65)26-43(66)29-48(71)51(24-35(5)54(73)33(3)20-21-44(31)67)82-61-59(78)58(77)57(76)52(30-62)83-61/h10,13-14,16-17,20-21,24,31-33,36-59,61-78H,11-12,15,18-19,22-23,25-30H2,1-9H3/t31-,32-,33+,36+,37-,38-,39+,40+,41-,42+,43-,44-,45+,46+,47+,48+,49+,50-,51-,52+,53+,54+,55-,56+,57+,58+,59+,61-/m0/s1. The molecule has 3 aliphatic rings. The highest BCUT2D eigenvalue weighted by Crippen LogP contribution is 2.32. The Balaban J connectivity index is 1.88. The number of aliphatic hydroxyl groups excluding tert-OH is 17. The number of cyclic esters (lactones) is 1. The van der Waals surface area contributed by atoms with Gasteiger partial charge in [0.1, 0.15) is 36.6 Å². The molecule has 0 radical (unpaired) electrons. The molecule has 3 aliphatic heterocycles. The normalized spacial score (nSPS) is 44.1. The monoisotopic (exact) mass is 1190 g/mol. The Bertz CT molecular complexity index is 2000. The number of ether oxygens (including phenoxy) is 4. The average molecular weight is 1190 g/mol. The summed E-state index contributed by atoms with van der Waals surface area (Å²) < 4.78 is 23.1. The van der Waals surface area contributed by atoms with Gasteiger partial charge in [-0.1, -0.05) is 97.1 Å². The fourth-order valence-electron chi connectivity index (χ4n) is 11.0. The number of hydrogen-bond donors (Lipinski definition) is 17. The first kappa shape index (κ1) is 74.6. The summed E-state index contributed by atoms with van der Waals surface area (Å²) in [5.41, 5.74) is 0.559. The minimum Gasteiger partial charge on any atom is -0.458 e. The molecule has 0 spiro atoms. The summed E-state index contributed by atoms with van der Waals surface area (Å²) in [5.74, 6) is -4.60. The molecular formula is C61H106O22. The van der Waals surface area contributed by atoms with Crippen LogP contribution in [0.5, 0.6) is 0 Å². The van der Waals surface area contributed by atoms with Crippen LogP contribution in [0, 0.1) is 41.4 Å². The first-order valence-corrected chi connectivity index (χ1v) is 29.9. The van der Waals surface area contributed by atoms with Gasteiger partial charge in [-0.25, -0.2) is 4.79 Å². The first-order valence-electron chi connectivity index (χ1n) is 29.9. The summed E-state index contributed by atoms with van der Waals surface area (Å²) in [6.07, 6.45) is -13.3. The summed E-state index contributed by atoms with van der Waals surface area (Å²) in [6.45, 7) is 14.3. The molecule has 3 rings (SSSR count). The van der Waals surface area contributed by atoms with Gasteiger partial charge in [-0.15, -0.1) is 0 Å². The molecule has 2 saturated heterocycles. The number of allylic oxidation sites excluding steroid dienone is 2. The smallest absolute Gasteiger partial charge is 0.333 e. The van der Waals surface area contributed by atoms with E-state index >= 15 is 0 Å². The molecule has 0 unspecified atom stereocenters. The SMILES string of the molecule is CC1=CCC[C@H](C)[C@H](O)[C@H](C)[C@H](O)CCC=C[C@H](C)[C@@H](O)C=C[C@@H](C)[C@@H](O)C(C)=C[C@H](O[C@H]2O[C@H](CO)[C@@H](O)[C@@H](O)[C@H]2O)[C@H](O)C[C@@H](O)C[C@@H](O)C[C@@H](O)[C@H](C)[C@H](O)[C@@H](C)[C@H](O)C[C@@H](O)C[C@H](O)C=CC[C@H]([C@@H](C)[C@@H]2CC[C@H](O)O2)OC1=O. The van der Waals surface area contributed by atoms with Crippen molar-refractivity contribution in [1.29, 1.82) is 0 Å². The molecule has 0 amide bonds. The van der Waals surface area contributed by atoms with Gasteiger partial charge in [-0.3, -0.25) is 0 Å². The lowest BCUT2D eigenvalue weighted by molar-refractivity contribution is -0.313. The van der Waals surface area contributed by atoms with Crippen LogP contribution in [0.15, 0.2) is 59.8 Å². The van der Waals surface area contributed by atoms with E-state index in [2.05, 4.69) is 0 Å². The van der Waals surface area contributed by atoms with E-state index in [1.165, 1.54) is 39.0 Å². The van der Waals surface area contributed by atoms with Gasteiger partial charge in [0.25, 0.3) is 0 Å². The van der Waals surface area contributed by atoms with Crippen molar-refractivity contribution in [1.82, 2.24) is 0 Å². The summed E-state index contributed by atoms with van der Waals surface area (Å²) in [5, 5.41) is 185. The topological polar surface area (TPSA) is 398 Å². The van der Waals surface area contributed by atoms with Crippen LogP contribution in [0.2, 0.25) is 0 Å². The van der Waals surface area contributed by atoms with Crippen LogP contribution in [0.1, 0.15) is 139 Å². The van der Waals surface area contributed by atoms with Gasteiger partial charge < -0.3 is 106 Å². The van der Waals surface area contributed by atoms with E-state index in [1.54, 1.807) is 52.0 Å². The molecule has 0 aromatic carbocycles. The minimum absolute atomic E-state index is 0.148. The van der Waals surface area contributed by atoms with E-state index in [0.717, 1.165) is 0 Å². The highest BCUT2D eigenvalue weighted by molar-refractivity contribution is 5.87. The Labute approximate surface area is 490 Å². The Kier molecular flexibility index (Phi) is 32.9. The lowest BCUT2D eigenvalue weighted by atomic mass is 9.82. The van der Waals surface area contributed by atoms with Crippen LogP contribution in [0.25, 0.3) is 0 Å². The van der Waals surface area contributed by atoms with Gasteiger partial charge in [0, 0.05) is 66.8 Å². The van der Waals surface area contributed by atoms with Crippen LogP contribution in [-0.2, 0) is 23.7 Å². The highest BCUT2D eigenvalue weighted by Gasteiger charge is 2.46. The number of aliphatic hydroxyl groups is 17. The van der Waals surface area contributed by atoms with Crippen molar-refractivity contribution in [3.05, 3.63) is 59.8 Å². The number of carbonyl (C=O) groups is 1. The molecule has 2 fully saturated rings. The fourth-order valence-corrected chi connectivity index (χ4v) is 11.0. The number of esters is 1. The van der Waals surface area contributed by atoms with Gasteiger partial charge in [-0.2, -0.15) is 0 Å². The van der Waals surface area contributed by atoms with E-state index in [1.807, 2.05) is 19.9 Å². The van der Waals surface area contributed by atoms with E-state index < -0.39 is 184 Å². The van der Waals surface area contributed by atoms with Gasteiger partial charge in [0.15, 0.2) is 12.6 Å². The molecule has 28 atom stereocenters. The third kappa shape index (κ3) is 24.1. The van der Waals surface area contributed by atoms with Gasteiger partial charge >= 0.3 is 5.97 Å². The molecule has 17 N–H and O–H groups in total. The van der Waals surface area contributed by atoms with E-state index in [-0.39, 0.29) is 43.1 Å². The maximum Gasteiger partial charge on any atom is 0.333 e. The van der Waals surface area contributed by atoms with Crippen molar-refractivity contribution >= 4 is 5.97 Å². The minimum atomic E-state index is -1.88. The molecule has 482 valence electrons. The van der Waals surface area contributed by atoms with Gasteiger partial charge in [0.2, 0.25) is 0 Å². The molecule has 0 bridgehead atoms. The maximum absolute atomic E-state index is 13.5. The molecule has 0 aliphatic carbocycles. The second kappa shape index (κ2) is 36.6. The Hall–Kier alpha value is -2.63. The van der Waals surface area contributed by atoms with E-state index in [0.29, 0.717) is 44.1 Å². The lowest BCUT2D eigenvalue weighted by Gasteiger charge is -2.41. The van der Waals surface area contributed by atoms with Crippen molar-refractivity contribution in [2.75, 3.05) is 6.61 Å². The zero-order chi connectivity index (χ0) is 62.6. The van der Waals surface area contributed by atoms with Crippen LogP contribution >= 0.6 is 0 Å². The Morgan fingerprint density at radius 1 is 0.566 bits per heavy atom. The summed E-state index contributed by atoms with van der Waals surface area (Å²) in [6, 6.07) is 0. The van der Waals surface area contributed by atoms with Crippen LogP contribution in [0.4, 0.5) is 0 Å². The Morgan fingerprint density at radius 3 is 1.75 bits per heavy atom. The van der Waals surface area contributed by atoms with Crippen LogP contribution in [-0.4, -0.2) is 228 Å². The zero-order valence-corrected chi connectivity index (χ0v) is 50.1. The lowest BCUT2D eigenvalue weighted by Crippen LogP contribution is -2.60. The van der Waals surface area contributed by atoms with Gasteiger partial charge in [-0.05, 0) is 76.7 Å². The third-order valence-electron chi connectivity index (χ3n) is 17.3. The quantitative estimate of drug-likeness (QED) is 0.134. The summed E-state index contributed by atoms with van der Waals surface area (Å²) in [7, 11) is 0. The zero-order valence-electron chi connectivity index (χ0n) is 50.1. The van der Waals surface area contributed by atoms with Crippen molar-refractivity contribution in [3.63, 3.8) is 0 Å². The van der Waals surface area contributed by atoms with E-state index in [4.69, 9.17) is 18.9 Å². The van der Waals surface area contributed by atoms with Crippen LogP contribution in [0.3, 0.4) is 0 Å². The van der Waals surface area contributed by atoms with Crippen molar-refractivity contribution in [2.45, 2.75) is 268 Å². The molecule has 22 nitrogen and oxygen atoms in total. The van der Waals surface area contributed by atoms with Crippen molar-refractivity contribution in [2.24, 2.45) is 41.4 Å². The van der Waals surface area contributed by atoms with Crippen molar-refractivity contribution < 1.29 is 111 Å². The van der Waals surface area contributed by atoms with Crippen LogP contribution < -0.4 is 0 Å². The second-order valence-corrected chi connectivity index (χ2v) is 24.4.